The first kappa shape index (κ1) is 12.3. The van der Waals surface area contributed by atoms with E-state index in [4.69, 9.17) is 4.74 Å². The fourth-order valence-electron chi connectivity index (χ4n) is 1.80. The lowest BCUT2D eigenvalue weighted by Crippen LogP contribution is -2.49. The molecule has 1 atom stereocenters. The molecule has 2 N–H and O–H groups in total. The molecule has 1 aliphatic heterocycles. The maximum atomic E-state index is 11.9. The van der Waals surface area contributed by atoms with Gasteiger partial charge in [-0.25, -0.2) is 0 Å². The Morgan fingerprint density at radius 1 is 1.16 bits per heavy atom. The van der Waals surface area contributed by atoms with Crippen LogP contribution >= 0.6 is 11.8 Å². The molecule has 1 aliphatic carbocycles. The van der Waals surface area contributed by atoms with E-state index in [1.807, 2.05) is 24.3 Å². The summed E-state index contributed by atoms with van der Waals surface area (Å²) in [6.45, 7) is 0. The van der Waals surface area contributed by atoms with Gasteiger partial charge >= 0.3 is 0 Å². The summed E-state index contributed by atoms with van der Waals surface area (Å²) < 4.78 is 5.62. The van der Waals surface area contributed by atoms with Crippen molar-refractivity contribution in [1.82, 2.24) is 10.9 Å². The topological polar surface area (TPSA) is 67.4 Å². The van der Waals surface area contributed by atoms with Gasteiger partial charge in [0.15, 0.2) is 6.10 Å². The van der Waals surface area contributed by atoms with Crippen LogP contribution in [0.15, 0.2) is 29.2 Å². The Labute approximate surface area is 115 Å². The normalized spacial score (nSPS) is 20.9. The van der Waals surface area contributed by atoms with Gasteiger partial charge in [-0.2, -0.15) is 0 Å². The minimum atomic E-state index is -0.570. The molecule has 1 heterocycles. The van der Waals surface area contributed by atoms with E-state index in [9.17, 15) is 9.59 Å². The highest BCUT2D eigenvalue weighted by Crippen LogP contribution is 2.34. The minimum Gasteiger partial charge on any atom is -0.478 e. The number of carbonyl (C=O) groups is 2. The molecule has 0 unspecified atom stereocenters. The lowest BCUT2D eigenvalue weighted by Gasteiger charge is -2.24. The molecule has 1 saturated carbocycles. The van der Waals surface area contributed by atoms with Crippen molar-refractivity contribution in [1.29, 1.82) is 0 Å². The molecule has 2 aliphatic rings. The van der Waals surface area contributed by atoms with Crippen LogP contribution < -0.4 is 15.6 Å². The number of rotatable bonds is 2. The van der Waals surface area contributed by atoms with Gasteiger partial charge in [-0.05, 0) is 25.0 Å². The molecule has 1 aromatic carbocycles. The molecule has 0 spiro atoms. The fourth-order valence-corrected chi connectivity index (χ4v) is 2.78. The second kappa shape index (κ2) is 5.13. The van der Waals surface area contributed by atoms with Crippen LogP contribution in [-0.4, -0.2) is 23.7 Å². The van der Waals surface area contributed by atoms with Crippen molar-refractivity contribution in [3.05, 3.63) is 24.3 Å². The number of hydrogen-bond acceptors (Lipinski definition) is 4. The molecule has 3 rings (SSSR count). The molecule has 5 nitrogen and oxygen atoms in total. The van der Waals surface area contributed by atoms with Crippen molar-refractivity contribution >= 4 is 23.6 Å². The Balaban J connectivity index is 1.55. The summed E-state index contributed by atoms with van der Waals surface area (Å²) in [7, 11) is 0. The summed E-state index contributed by atoms with van der Waals surface area (Å²) in [4.78, 5) is 24.3. The number of fused-ring (bicyclic) bond motifs is 1. The van der Waals surface area contributed by atoms with Gasteiger partial charge in [0.05, 0.1) is 0 Å². The summed E-state index contributed by atoms with van der Waals surface area (Å²) in [6, 6.07) is 7.60. The molecule has 0 radical (unpaired) electrons. The maximum absolute atomic E-state index is 11.9. The highest BCUT2D eigenvalue weighted by molar-refractivity contribution is 7.99. The molecule has 0 saturated heterocycles. The molecule has 1 fully saturated rings. The van der Waals surface area contributed by atoms with Gasteiger partial charge in [-0.15, -0.1) is 11.8 Å². The number of hydrogen-bond donors (Lipinski definition) is 2. The molecule has 6 heteroatoms. The Morgan fingerprint density at radius 2 is 1.89 bits per heavy atom. The maximum Gasteiger partial charge on any atom is 0.280 e. The number of carbonyl (C=O) groups excluding carboxylic acids is 2. The number of nitrogens with one attached hydrogen (secondary N) is 2. The van der Waals surface area contributed by atoms with Crippen LogP contribution in [0.5, 0.6) is 5.75 Å². The molecule has 0 aromatic heterocycles. The lowest BCUT2D eigenvalue weighted by molar-refractivity contribution is -0.133. The van der Waals surface area contributed by atoms with E-state index in [2.05, 4.69) is 10.9 Å². The van der Waals surface area contributed by atoms with Crippen molar-refractivity contribution in [2.24, 2.45) is 5.92 Å². The smallest absolute Gasteiger partial charge is 0.280 e. The van der Waals surface area contributed by atoms with E-state index in [1.54, 1.807) is 11.8 Å². The lowest BCUT2D eigenvalue weighted by atomic mass is 10.3. The average Bonchev–Trinajstić information content (AvgIpc) is 3.28. The number of hydrazine groups is 1. The summed E-state index contributed by atoms with van der Waals surface area (Å²) in [5.41, 5.74) is 4.87. The van der Waals surface area contributed by atoms with Gasteiger partial charge in [0.25, 0.3) is 5.91 Å². The summed E-state index contributed by atoms with van der Waals surface area (Å²) >= 11 is 1.58. The highest BCUT2D eigenvalue weighted by Gasteiger charge is 2.31. The predicted octanol–water partition coefficient (Wildman–Crippen LogP) is 1.10. The van der Waals surface area contributed by atoms with Gasteiger partial charge in [-0.3, -0.25) is 20.4 Å². The SMILES string of the molecule is O=C(NNC(=O)[C@@H]1CSc2ccccc2O1)C1CC1. The monoisotopic (exact) mass is 278 g/mol. The molecule has 1 aromatic rings. The van der Waals surface area contributed by atoms with Gasteiger partial charge in [0.2, 0.25) is 5.91 Å². The van der Waals surface area contributed by atoms with E-state index in [1.165, 1.54) is 0 Å². The van der Waals surface area contributed by atoms with Crippen molar-refractivity contribution in [3.63, 3.8) is 0 Å². The molecule has 0 bridgehead atoms. The average molecular weight is 278 g/mol. The van der Waals surface area contributed by atoms with Crippen LogP contribution in [0.25, 0.3) is 0 Å². The number of thioether (sulfide) groups is 1. The predicted molar refractivity (Wildman–Crippen MR) is 70.6 cm³/mol. The van der Waals surface area contributed by atoms with E-state index < -0.39 is 6.10 Å². The zero-order chi connectivity index (χ0) is 13.2. The van der Waals surface area contributed by atoms with Gasteiger partial charge in [0.1, 0.15) is 5.75 Å². The quantitative estimate of drug-likeness (QED) is 0.795. The largest absolute Gasteiger partial charge is 0.478 e. The minimum absolute atomic E-state index is 0.0719. The van der Waals surface area contributed by atoms with Crippen LogP contribution in [0.2, 0.25) is 0 Å². The van der Waals surface area contributed by atoms with E-state index >= 15 is 0 Å². The molecular formula is C13H14N2O3S. The number of ether oxygens (including phenoxy) is 1. The van der Waals surface area contributed by atoms with Crippen LogP contribution in [-0.2, 0) is 9.59 Å². The van der Waals surface area contributed by atoms with Crippen molar-refractivity contribution in [2.45, 2.75) is 23.8 Å². The number of benzene rings is 1. The van der Waals surface area contributed by atoms with E-state index in [-0.39, 0.29) is 17.7 Å². The van der Waals surface area contributed by atoms with Crippen LogP contribution in [0.4, 0.5) is 0 Å². The first-order valence-electron chi connectivity index (χ1n) is 6.22. The summed E-state index contributed by atoms with van der Waals surface area (Å²) in [6.07, 6.45) is 1.25. The second-order valence-corrected chi connectivity index (χ2v) is 5.68. The zero-order valence-corrected chi connectivity index (χ0v) is 11.0. The Bertz CT molecular complexity index is 516. The van der Waals surface area contributed by atoms with Crippen molar-refractivity contribution < 1.29 is 14.3 Å². The number of amides is 2. The molecule has 100 valence electrons. The molecular weight excluding hydrogens is 264 g/mol. The summed E-state index contributed by atoms with van der Waals surface area (Å²) in [5.74, 6) is 0.908. The fraction of sp³-hybridized carbons (Fsp3) is 0.385. The van der Waals surface area contributed by atoms with Crippen molar-refractivity contribution in [3.8, 4) is 5.75 Å². The van der Waals surface area contributed by atoms with Crippen LogP contribution in [0.3, 0.4) is 0 Å². The van der Waals surface area contributed by atoms with Gasteiger partial charge in [0, 0.05) is 16.6 Å². The number of para-hydroxylation sites is 1. The highest BCUT2D eigenvalue weighted by atomic mass is 32.2. The third-order valence-corrected chi connectivity index (χ3v) is 4.18. The van der Waals surface area contributed by atoms with Gasteiger partial charge in [-0.1, -0.05) is 12.1 Å². The first-order valence-corrected chi connectivity index (χ1v) is 7.21. The Morgan fingerprint density at radius 3 is 2.68 bits per heavy atom. The molecule has 19 heavy (non-hydrogen) atoms. The first-order chi connectivity index (χ1) is 9.24. The van der Waals surface area contributed by atoms with Crippen LogP contribution in [0, 0.1) is 5.92 Å². The molecule has 2 amide bonds. The third kappa shape index (κ3) is 2.84. The summed E-state index contributed by atoms with van der Waals surface area (Å²) in [5, 5.41) is 0. The standard InChI is InChI=1S/C13H14N2O3S/c16-12(8-5-6-8)14-15-13(17)10-7-19-11-4-2-1-3-9(11)18-10/h1-4,8,10H,5-7H2,(H,14,16)(H,15,17)/t10-/m0/s1. The second-order valence-electron chi connectivity index (χ2n) is 4.62. The third-order valence-electron chi connectivity index (χ3n) is 3.06. The van der Waals surface area contributed by atoms with E-state index in [0.717, 1.165) is 17.7 Å². The Kier molecular flexibility index (Phi) is 3.33. The Hall–Kier alpha value is -1.69. The van der Waals surface area contributed by atoms with Crippen molar-refractivity contribution in [2.75, 3.05) is 5.75 Å². The van der Waals surface area contributed by atoms with E-state index in [0.29, 0.717) is 11.5 Å². The van der Waals surface area contributed by atoms with Gasteiger partial charge < -0.3 is 4.74 Å². The van der Waals surface area contributed by atoms with Crippen LogP contribution in [0.1, 0.15) is 12.8 Å². The zero-order valence-electron chi connectivity index (χ0n) is 10.2.